The molecule has 16 heavy (non-hydrogen) atoms. The van der Waals surface area contributed by atoms with Gasteiger partial charge in [-0.05, 0) is 5.53 Å². The molecule has 1 aromatic rings. The van der Waals surface area contributed by atoms with Crippen LogP contribution in [-0.4, -0.2) is 11.1 Å². The van der Waals surface area contributed by atoms with Gasteiger partial charge in [0.1, 0.15) is 11.3 Å². The van der Waals surface area contributed by atoms with Crippen molar-refractivity contribution in [1.82, 2.24) is 0 Å². The predicted octanol–water partition coefficient (Wildman–Crippen LogP) is 2.88. The third-order valence-electron chi connectivity index (χ3n) is 1.60. The molecule has 1 rings (SSSR count). The topological polar surface area (TPSA) is 86.1 Å². The molecule has 0 radical (unpaired) electrons. The number of hydrogen-bond acceptors (Lipinski definition) is 2. The van der Waals surface area contributed by atoms with Gasteiger partial charge in [-0.25, -0.2) is 22.4 Å². The molecule has 0 bridgehead atoms. The van der Waals surface area contributed by atoms with Gasteiger partial charge in [0, 0.05) is 4.91 Å². The summed E-state index contributed by atoms with van der Waals surface area (Å²) in [5.41, 5.74) is 4.55. The van der Waals surface area contributed by atoms with Gasteiger partial charge < -0.3 is 5.11 Å². The van der Waals surface area contributed by atoms with Crippen LogP contribution in [0.4, 0.5) is 23.2 Å². The van der Waals surface area contributed by atoms with Gasteiger partial charge in [-0.2, -0.15) is 0 Å². The Kier molecular flexibility index (Phi) is 3.00. The van der Waals surface area contributed by atoms with E-state index >= 15 is 0 Å². The minimum Gasteiger partial charge on any atom is -0.477 e. The zero-order valence-corrected chi connectivity index (χ0v) is 7.21. The first-order valence-electron chi connectivity index (χ1n) is 3.56. The lowest BCUT2D eigenvalue weighted by molar-refractivity contribution is 0.0683. The third kappa shape index (κ3) is 1.63. The van der Waals surface area contributed by atoms with Crippen molar-refractivity contribution < 1.29 is 27.5 Å². The van der Waals surface area contributed by atoms with Crippen LogP contribution in [0.25, 0.3) is 10.4 Å². The Morgan fingerprint density at radius 2 is 1.56 bits per heavy atom. The molecule has 0 fully saturated rings. The Hall–Kier alpha value is -2.28. The van der Waals surface area contributed by atoms with Crippen molar-refractivity contribution in [3.8, 4) is 0 Å². The molecule has 0 heterocycles. The number of halogens is 4. The largest absolute Gasteiger partial charge is 0.477 e. The number of azide groups is 1. The van der Waals surface area contributed by atoms with E-state index in [0.717, 1.165) is 0 Å². The molecule has 9 heteroatoms. The molecule has 0 saturated carbocycles. The standard InChI is InChI=1S/C7HF4N3O2/c8-2-1(7(15)16)3(9)5(11)6(4(2)10)13-14-12/h(H,15,16). The molecule has 5 nitrogen and oxygen atoms in total. The summed E-state index contributed by atoms with van der Waals surface area (Å²) in [7, 11) is 0. The second-order valence-corrected chi connectivity index (χ2v) is 2.47. The maximum absolute atomic E-state index is 12.9. The van der Waals surface area contributed by atoms with E-state index in [-0.39, 0.29) is 0 Å². The van der Waals surface area contributed by atoms with Crippen molar-refractivity contribution in [2.75, 3.05) is 0 Å². The molecular weight excluding hydrogens is 234 g/mol. The summed E-state index contributed by atoms with van der Waals surface area (Å²) in [6, 6.07) is 0. The molecule has 1 aromatic carbocycles. The van der Waals surface area contributed by atoms with E-state index in [0.29, 0.717) is 0 Å². The summed E-state index contributed by atoms with van der Waals surface area (Å²) >= 11 is 0. The number of aromatic carboxylic acids is 1. The fourth-order valence-electron chi connectivity index (χ4n) is 0.940. The van der Waals surface area contributed by atoms with Gasteiger partial charge in [0.2, 0.25) is 0 Å². The van der Waals surface area contributed by atoms with Crippen LogP contribution >= 0.6 is 0 Å². The van der Waals surface area contributed by atoms with Gasteiger partial charge >= 0.3 is 5.97 Å². The number of rotatable bonds is 2. The molecule has 0 spiro atoms. The lowest BCUT2D eigenvalue weighted by atomic mass is 10.1. The van der Waals surface area contributed by atoms with Crippen molar-refractivity contribution in [3.63, 3.8) is 0 Å². The summed E-state index contributed by atoms with van der Waals surface area (Å²) < 4.78 is 51.7. The predicted molar refractivity (Wildman–Crippen MR) is 42.0 cm³/mol. The Morgan fingerprint density at radius 1 is 1.12 bits per heavy atom. The maximum atomic E-state index is 12.9. The number of nitrogens with zero attached hydrogens (tertiary/aromatic N) is 3. The summed E-state index contributed by atoms with van der Waals surface area (Å²) in [6.45, 7) is 0. The molecule has 0 unspecified atom stereocenters. The summed E-state index contributed by atoms with van der Waals surface area (Å²) in [5, 5.41) is 10.7. The molecule has 1 N–H and O–H groups in total. The van der Waals surface area contributed by atoms with Gasteiger partial charge in [0.25, 0.3) is 0 Å². The zero-order valence-electron chi connectivity index (χ0n) is 7.21. The highest BCUT2D eigenvalue weighted by Crippen LogP contribution is 2.30. The van der Waals surface area contributed by atoms with E-state index in [9.17, 15) is 22.4 Å². The van der Waals surface area contributed by atoms with Crippen LogP contribution in [0.3, 0.4) is 0 Å². The lowest BCUT2D eigenvalue weighted by Gasteiger charge is -2.05. The van der Waals surface area contributed by atoms with Crippen LogP contribution in [0.5, 0.6) is 0 Å². The Morgan fingerprint density at radius 3 is 1.88 bits per heavy atom. The number of carboxylic acids is 1. The number of carboxylic acid groups (broad SMARTS) is 1. The first-order valence-corrected chi connectivity index (χ1v) is 3.56. The number of carbonyl (C=O) groups is 1. The molecule has 0 aromatic heterocycles. The fraction of sp³-hybridized carbons (Fsp3) is 0. The van der Waals surface area contributed by atoms with Crippen LogP contribution in [0.1, 0.15) is 10.4 Å². The monoisotopic (exact) mass is 235 g/mol. The molecule has 0 atom stereocenters. The maximum Gasteiger partial charge on any atom is 0.341 e. The first kappa shape index (κ1) is 11.8. The zero-order chi connectivity index (χ0) is 12.5. The van der Waals surface area contributed by atoms with Gasteiger partial charge in [-0.15, -0.1) is 0 Å². The minimum atomic E-state index is -2.18. The van der Waals surface area contributed by atoms with Gasteiger partial charge in [0.05, 0.1) is 0 Å². The summed E-state index contributed by atoms with van der Waals surface area (Å²) in [6.07, 6.45) is 0. The van der Waals surface area contributed by atoms with Crippen molar-refractivity contribution in [2.24, 2.45) is 5.11 Å². The fourth-order valence-corrected chi connectivity index (χ4v) is 0.940. The molecule has 0 aliphatic carbocycles. The first-order chi connectivity index (χ1) is 7.41. The lowest BCUT2D eigenvalue weighted by Crippen LogP contribution is -2.09. The average Bonchev–Trinajstić information content (AvgIpc) is 2.21. The minimum absolute atomic E-state index is 1.55. The van der Waals surface area contributed by atoms with Gasteiger partial charge in [0.15, 0.2) is 23.3 Å². The highest BCUT2D eigenvalue weighted by molar-refractivity contribution is 5.88. The van der Waals surface area contributed by atoms with Crippen molar-refractivity contribution in [1.29, 1.82) is 0 Å². The van der Waals surface area contributed by atoms with E-state index in [1.807, 2.05) is 4.91 Å². The summed E-state index contributed by atoms with van der Waals surface area (Å²) in [5.74, 6) is -10.6. The average molecular weight is 235 g/mol. The van der Waals surface area contributed by atoms with E-state index in [1.165, 1.54) is 0 Å². The molecule has 84 valence electrons. The highest BCUT2D eigenvalue weighted by atomic mass is 19.2. The third-order valence-corrected chi connectivity index (χ3v) is 1.60. The SMILES string of the molecule is [N-]=[N+]=Nc1c(F)c(F)c(C(=O)O)c(F)c1F. The van der Waals surface area contributed by atoms with Crippen LogP contribution in [0.15, 0.2) is 5.11 Å². The van der Waals surface area contributed by atoms with Gasteiger partial charge in [-0.3, -0.25) is 0 Å². The van der Waals surface area contributed by atoms with E-state index in [2.05, 4.69) is 5.11 Å². The highest BCUT2D eigenvalue weighted by Gasteiger charge is 2.28. The number of benzene rings is 1. The van der Waals surface area contributed by atoms with Crippen LogP contribution in [0.2, 0.25) is 0 Å². The Labute approximate surface area is 84.5 Å². The molecule has 0 amide bonds. The van der Waals surface area contributed by atoms with Crippen molar-refractivity contribution >= 4 is 11.7 Å². The normalized spacial score (nSPS) is 9.75. The Bertz CT molecular complexity index is 463. The molecule has 0 aliphatic heterocycles. The van der Waals surface area contributed by atoms with Gasteiger partial charge in [-0.1, -0.05) is 5.11 Å². The summed E-state index contributed by atoms with van der Waals surface area (Å²) in [4.78, 5) is 12.2. The second kappa shape index (κ2) is 4.07. The smallest absolute Gasteiger partial charge is 0.341 e. The van der Waals surface area contributed by atoms with Crippen molar-refractivity contribution in [2.45, 2.75) is 0 Å². The van der Waals surface area contributed by atoms with E-state index < -0.39 is 40.5 Å². The Balaban J connectivity index is 3.76. The number of hydrogen-bond donors (Lipinski definition) is 1. The molecular formula is C7HF4N3O2. The van der Waals surface area contributed by atoms with Crippen molar-refractivity contribution in [3.05, 3.63) is 39.3 Å². The molecule has 0 aliphatic rings. The van der Waals surface area contributed by atoms with E-state index in [1.54, 1.807) is 0 Å². The quantitative estimate of drug-likeness (QED) is 0.281. The van der Waals surface area contributed by atoms with Crippen LogP contribution in [0, 0.1) is 23.3 Å². The van der Waals surface area contributed by atoms with Crippen LogP contribution < -0.4 is 0 Å². The molecule has 0 saturated heterocycles. The van der Waals surface area contributed by atoms with Crippen LogP contribution in [-0.2, 0) is 0 Å². The second-order valence-electron chi connectivity index (χ2n) is 2.47. The van der Waals surface area contributed by atoms with E-state index in [4.69, 9.17) is 10.6 Å².